The molecule has 1 aliphatic rings. The van der Waals surface area contributed by atoms with Gasteiger partial charge in [-0.2, -0.15) is 0 Å². The summed E-state index contributed by atoms with van der Waals surface area (Å²) in [6.45, 7) is 5.84. The average Bonchev–Trinajstić information content (AvgIpc) is 3.43. The molecular weight excluding hydrogens is 973 g/mol. The van der Waals surface area contributed by atoms with Gasteiger partial charge in [-0.05, 0) is 109 Å². The highest BCUT2D eigenvalue weighted by atomic mass is 16.7. The number of unbranched alkanes of at least 4 members (excludes halogenated alkanes) is 26. The number of carboxylic acid groups (broad SMARTS) is 1. The first-order chi connectivity index (χ1) is 37.6. The molecule has 6 unspecified atom stereocenters. The summed E-state index contributed by atoms with van der Waals surface area (Å²) in [5.74, 6) is -3.19. The molecule has 1 fully saturated rings. The van der Waals surface area contributed by atoms with Gasteiger partial charge in [-0.1, -0.05) is 209 Å². The Morgan fingerprint density at radius 1 is 0.442 bits per heavy atom. The van der Waals surface area contributed by atoms with Crippen LogP contribution in [0.1, 0.15) is 265 Å². The van der Waals surface area contributed by atoms with Gasteiger partial charge >= 0.3 is 23.9 Å². The molecule has 0 bridgehead atoms. The van der Waals surface area contributed by atoms with Crippen LogP contribution < -0.4 is 0 Å². The van der Waals surface area contributed by atoms with E-state index in [1.807, 2.05) is 0 Å². The molecule has 12 heteroatoms. The van der Waals surface area contributed by atoms with Gasteiger partial charge in [0.2, 0.25) is 0 Å². The Balaban J connectivity index is 2.71. The van der Waals surface area contributed by atoms with Crippen molar-refractivity contribution >= 4 is 23.9 Å². The summed E-state index contributed by atoms with van der Waals surface area (Å²) in [6, 6.07) is 0. The summed E-state index contributed by atoms with van der Waals surface area (Å²) in [7, 11) is 0. The van der Waals surface area contributed by atoms with E-state index in [0.29, 0.717) is 19.3 Å². The van der Waals surface area contributed by atoms with Crippen molar-refractivity contribution in [2.75, 3.05) is 13.2 Å². The fourth-order valence-electron chi connectivity index (χ4n) is 9.00. The molecule has 1 heterocycles. The highest BCUT2D eigenvalue weighted by Gasteiger charge is 2.50. The number of aliphatic hydroxyl groups excluding tert-OH is 2. The second-order valence-electron chi connectivity index (χ2n) is 20.9. The normalized spacial score (nSPS) is 18.5. The van der Waals surface area contributed by atoms with Gasteiger partial charge in [0.1, 0.15) is 18.8 Å². The first-order valence-electron chi connectivity index (χ1n) is 30.9. The van der Waals surface area contributed by atoms with E-state index in [-0.39, 0.29) is 25.9 Å². The summed E-state index contributed by atoms with van der Waals surface area (Å²) < 4.78 is 28.4. The Labute approximate surface area is 468 Å². The van der Waals surface area contributed by atoms with E-state index in [9.17, 15) is 34.5 Å². The van der Waals surface area contributed by atoms with Crippen LogP contribution in [-0.2, 0) is 42.9 Å². The zero-order valence-electron chi connectivity index (χ0n) is 48.7. The molecule has 1 saturated heterocycles. The van der Waals surface area contributed by atoms with Gasteiger partial charge in [-0.25, -0.2) is 4.79 Å². The highest BCUT2D eigenvalue weighted by molar-refractivity contribution is 5.74. The molecular formula is C65H110O12. The molecule has 77 heavy (non-hydrogen) atoms. The lowest BCUT2D eigenvalue weighted by Gasteiger charge is -2.40. The minimum atomic E-state index is -1.91. The van der Waals surface area contributed by atoms with E-state index < -0.39 is 67.3 Å². The number of aliphatic carboxylic acids is 1. The molecule has 0 aromatic carbocycles. The minimum absolute atomic E-state index is 0.0439. The number of hydrogen-bond acceptors (Lipinski definition) is 11. The SMILES string of the molecule is CC/C=C\C/C=C\C/C=C\C/C=C\CCCCC(=O)OC(COC(=O)CCCCCCCCC/C=C\CCCCCCCC)COC1OC(C(=O)O)C(O)C(O)C1OC(=O)CCCCCCC/C=C\CCCCCCCC. The first kappa shape index (κ1) is 71.2. The van der Waals surface area contributed by atoms with Gasteiger partial charge in [0.15, 0.2) is 24.6 Å². The zero-order chi connectivity index (χ0) is 56.1. The van der Waals surface area contributed by atoms with Crippen LogP contribution >= 0.6 is 0 Å². The number of carbonyl (C=O) groups is 4. The van der Waals surface area contributed by atoms with Gasteiger partial charge in [0.25, 0.3) is 0 Å². The Kier molecular flexibility index (Phi) is 48.8. The van der Waals surface area contributed by atoms with Crippen molar-refractivity contribution in [2.24, 2.45) is 0 Å². The fourth-order valence-corrected chi connectivity index (χ4v) is 9.00. The lowest BCUT2D eigenvalue weighted by atomic mass is 9.98. The van der Waals surface area contributed by atoms with E-state index >= 15 is 0 Å². The molecule has 1 aliphatic heterocycles. The maximum atomic E-state index is 13.1. The molecule has 0 spiro atoms. The van der Waals surface area contributed by atoms with Crippen molar-refractivity contribution in [3.8, 4) is 0 Å². The van der Waals surface area contributed by atoms with E-state index in [1.54, 1.807) is 0 Å². The molecule has 0 aliphatic carbocycles. The first-order valence-corrected chi connectivity index (χ1v) is 30.9. The minimum Gasteiger partial charge on any atom is -0.479 e. The van der Waals surface area contributed by atoms with Crippen molar-refractivity contribution in [3.05, 3.63) is 72.9 Å². The van der Waals surface area contributed by atoms with E-state index in [2.05, 4.69) is 93.7 Å². The van der Waals surface area contributed by atoms with Gasteiger partial charge < -0.3 is 39.0 Å². The number of rotatable bonds is 52. The lowest BCUT2D eigenvalue weighted by Crippen LogP contribution is -2.61. The van der Waals surface area contributed by atoms with Crippen molar-refractivity contribution in [1.29, 1.82) is 0 Å². The van der Waals surface area contributed by atoms with Crippen LogP contribution in [0.2, 0.25) is 0 Å². The maximum Gasteiger partial charge on any atom is 0.335 e. The second-order valence-corrected chi connectivity index (χ2v) is 20.9. The average molecular weight is 1080 g/mol. The van der Waals surface area contributed by atoms with Crippen LogP contribution in [0, 0.1) is 0 Å². The van der Waals surface area contributed by atoms with E-state index in [1.165, 1.54) is 103 Å². The number of ether oxygens (including phenoxy) is 5. The molecule has 0 aromatic rings. The topological polar surface area (TPSA) is 175 Å². The monoisotopic (exact) mass is 1080 g/mol. The largest absolute Gasteiger partial charge is 0.479 e. The van der Waals surface area contributed by atoms with E-state index in [0.717, 1.165) is 103 Å². The fraction of sp³-hybridized carbons (Fsp3) is 0.754. The van der Waals surface area contributed by atoms with Crippen LogP contribution in [0.25, 0.3) is 0 Å². The number of allylic oxidation sites excluding steroid dienone is 12. The predicted molar refractivity (Wildman–Crippen MR) is 312 cm³/mol. The third-order valence-corrected chi connectivity index (χ3v) is 13.7. The third-order valence-electron chi connectivity index (χ3n) is 13.7. The Morgan fingerprint density at radius 3 is 1.29 bits per heavy atom. The van der Waals surface area contributed by atoms with Crippen molar-refractivity contribution in [3.63, 3.8) is 0 Å². The summed E-state index contributed by atoms with van der Waals surface area (Å²) in [5.41, 5.74) is 0. The standard InChI is InChI=1S/C65H110O12/c1-4-7-10-13-16-19-22-25-28-29-32-33-36-39-42-45-48-51-57(66)73-54-56(75-58(67)52-49-46-43-40-37-34-30-26-23-20-17-14-11-8-5-2)55-74-65-63(61(70)60(69)62(77-65)64(71)72)76-59(68)53-50-47-44-41-38-35-31-27-24-21-18-15-12-9-6-3/h8,11,17,20,25-28,30-31,37,40,56,60-63,65,69-70H,4-7,9-10,12-16,18-19,21-24,29,32-36,38-39,41-55H2,1-3H3,(H,71,72)/b11-8-,20-17-,28-25-,30-26-,31-27-,40-37-. The summed E-state index contributed by atoms with van der Waals surface area (Å²) >= 11 is 0. The molecule has 3 N–H and O–H groups in total. The number of aliphatic hydroxyl groups is 2. The molecule has 0 aromatic heterocycles. The number of esters is 3. The van der Waals surface area contributed by atoms with Crippen molar-refractivity contribution in [2.45, 2.75) is 302 Å². The van der Waals surface area contributed by atoms with Crippen molar-refractivity contribution in [1.82, 2.24) is 0 Å². The van der Waals surface area contributed by atoms with Gasteiger partial charge in [0.05, 0.1) is 6.61 Å². The Morgan fingerprint density at radius 2 is 0.818 bits per heavy atom. The Hall–Kier alpha value is -3.84. The second kappa shape index (κ2) is 52.8. The number of carboxylic acids is 1. The zero-order valence-corrected chi connectivity index (χ0v) is 48.7. The summed E-state index contributed by atoms with van der Waals surface area (Å²) in [6.07, 6.45) is 54.4. The van der Waals surface area contributed by atoms with Crippen LogP contribution in [0.15, 0.2) is 72.9 Å². The van der Waals surface area contributed by atoms with Crippen LogP contribution in [0.4, 0.5) is 0 Å². The summed E-state index contributed by atoms with van der Waals surface area (Å²) in [5, 5.41) is 31.5. The Bertz CT molecular complexity index is 1620. The third kappa shape index (κ3) is 42.7. The van der Waals surface area contributed by atoms with Crippen LogP contribution in [-0.4, -0.2) is 89.2 Å². The van der Waals surface area contributed by atoms with Gasteiger partial charge in [-0.15, -0.1) is 0 Å². The maximum absolute atomic E-state index is 13.1. The molecule has 442 valence electrons. The summed E-state index contributed by atoms with van der Waals surface area (Å²) in [4.78, 5) is 51.2. The quantitative estimate of drug-likeness (QED) is 0.0228. The molecule has 12 nitrogen and oxygen atoms in total. The predicted octanol–water partition coefficient (Wildman–Crippen LogP) is 16.1. The van der Waals surface area contributed by atoms with E-state index in [4.69, 9.17) is 23.7 Å². The highest BCUT2D eigenvalue weighted by Crippen LogP contribution is 2.26. The number of hydrogen-bond donors (Lipinski definition) is 3. The van der Waals surface area contributed by atoms with Crippen molar-refractivity contribution < 1.29 is 58.2 Å². The molecule has 0 amide bonds. The molecule has 0 saturated carbocycles. The molecule has 0 radical (unpaired) electrons. The number of carbonyl (C=O) groups excluding carboxylic acids is 3. The van der Waals surface area contributed by atoms with Gasteiger partial charge in [-0.3, -0.25) is 14.4 Å². The van der Waals surface area contributed by atoms with Crippen LogP contribution in [0.3, 0.4) is 0 Å². The van der Waals surface area contributed by atoms with Crippen LogP contribution in [0.5, 0.6) is 0 Å². The smallest absolute Gasteiger partial charge is 0.335 e. The molecule has 1 rings (SSSR count). The lowest BCUT2D eigenvalue weighted by molar-refractivity contribution is -0.301. The molecule has 6 atom stereocenters. The van der Waals surface area contributed by atoms with Gasteiger partial charge in [0, 0.05) is 19.3 Å².